The maximum Gasteiger partial charge on any atom is 0.220 e. The number of fused-ring (bicyclic) bond motifs is 1. The Kier molecular flexibility index (Phi) is 3.49. The van der Waals surface area contributed by atoms with Crippen molar-refractivity contribution in [2.45, 2.75) is 19.4 Å². The minimum Gasteiger partial charge on any atom is -0.623 e. The lowest BCUT2D eigenvalue weighted by Crippen LogP contribution is -2.26. The number of nitrogens with two attached hydrogens (primary N) is 1. The lowest BCUT2D eigenvalue weighted by atomic mass is 9.91. The highest BCUT2D eigenvalue weighted by Crippen LogP contribution is 2.34. The lowest BCUT2D eigenvalue weighted by Gasteiger charge is -2.24. The molecule has 0 radical (unpaired) electrons. The third-order valence-electron chi connectivity index (χ3n) is 4.39. The second-order valence-corrected chi connectivity index (χ2v) is 5.98. The zero-order valence-corrected chi connectivity index (χ0v) is 13.4. The van der Waals surface area contributed by atoms with E-state index in [0.29, 0.717) is 40.1 Å². The van der Waals surface area contributed by atoms with Crippen LogP contribution in [0.1, 0.15) is 28.6 Å². The van der Waals surface area contributed by atoms with E-state index >= 15 is 0 Å². The van der Waals surface area contributed by atoms with Gasteiger partial charge in [0.2, 0.25) is 5.95 Å². The van der Waals surface area contributed by atoms with E-state index in [2.05, 4.69) is 9.97 Å². The van der Waals surface area contributed by atoms with Gasteiger partial charge < -0.3 is 15.4 Å². The number of benzene rings is 1. The third-order valence-corrected chi connectivity index (χ3v) is 4.39. The Morgan fingerprint density at radius 2 is 2.16 bits per heavy atom. The number of rotatable bonds is 2. The van der Waals surface area contributed by atoms with Gasteiger partial charge in [-0.2, -0.15) is 0 Å². The SMILES string of the molecule is Cc1nc(N)nc2c1C=[N+]([O-])C(c1ccc(F)cc1-c1ccoc1)C2. The van der Waals surface area contributed by atoms with E-state index in [-0.39, 0.29) is 11.8 Å². The number of hydrogen-bond donors (Lipinski definition) is 1. The molecule has 1 atom stereocenters. The van der Waals surface area contributed by atoms with Crippen LogP contribution in [0.4, 0.5) is 10.3 Å². The van der Waals surface area contributed by atoms with Gasteiger partial charge >= 0.3 is 0 Å². The van der Waals surface area contributed by atoms with Crippen LogP contribution >= 0.6 is 0 Å². The number of nitrogen functional groups attached to an aromatic ring is 1. The van der Waals surface area contributed by atoms with Gasteiger partial charge in [-0.15, -0.1) is 0 Å². The maximum absolute atomic E-state index is 13.8. The number of hydrogen-bond acceptors (Lipinski definition) is 5. The molecule has 0 aliphatic carbocycles. The number of aryl methyl sites for hydroxylation is 1. The number of halogens is 1. The molecule has 4 rings (SSSR count). The molecule has 126 valence electrons. The van der Waals surface area contributed by atoms with Crippen LogP contribution in [-0.4, -0.2) is 20.9 Å². The van der Waals surface area contributed by atoms with Crippen LogP contribution in [0.25, 0.3) is 11.1 Å². The molecule has 0 bridgehead atoms. The van der Waals surface area contributed by atoms with Gasteiger partial charge in [-0.25, -0.2) is 19.1 Å². The predicted molar refractivity (Wildman–Crippen MR) is 90.5 cm³/mol. The number of nitrogens with zero attached hydrogens (tertiary/aromatic N) is 3. The summed E-state index contributed by atoms with van der Waals surface area (Å²) >= 11 is 0. The molecule has 2 N–H and O–H groups in total. The Hall–Kier alpha value is -3.22. The van der Waals surface area contributed by atoms with Crippen LogP contribution in [-0.2, 0) is 6.42 Å². The Morgan fingerprint density at radius 3 is 2.92 bits per heavy atom. The van der Waals surface area contributed by atoms with Crippen molar-refractivity contribution in [3.05, 3.63) is 70.3 Å². The molecule has 1 aliphatic heterocycles. The first kappa shape index (κ1) is 15.3. The van der Waals surface area contributed by atoms with Gasteiger partial charge in [-0.1, -0.05) is 0 Å². The summed E-state index contributed by atoms with van der Waals surface area (Å²) in [7, 11) is 0. The first-order chi connectivity index (χ1) is 12.0. The summed E-state index contributed by atoms with van der Waals surface area (Å²) in [5.41, 5.74) is 9.84. The van der Waals surface area contributed by atoms with Gasteiger partial charge in [0.25, 0.3) is 0 Å². The van der Waals surface area contributed by atoms with Crippen molar-refractivity contribution in [1.82, 2.24) is 9.97 Å². The van der Waals surface area contributed by atoms with E-state index in [4.69, 9.17) is 10.2 Å². The zero-order chi connectivity index (χ0) is 17.6. The van der Waals surface area contributed by atoms with Crippen molar-refractivity contribution in [2.75, 3.05) is 5.73 Å². The van der Waals surface area contributed by atoms with Crippen LogP contribution < -0.4 is 5.73 Å². The third kappa shape index (κ3) is 2.63. The summed E-state index contributed by atoms with van der Waals surface area (Å²) in [6.45, 7) is 1.79. The molecule has 1 unspecified atom stereocenters. The van der Waals surface area contributed by atoms with E-state index < -0.39 is 6.04 Å². The van der Waals surface area contributed by atoms with Crippen molar-refractivity contribution in [3.8, 4) is 11.1 Å². The first-order valence-electron chi connectivity index (χ1n) is 7.78. The first-order valence-corrected chi connectivity index (χ1v) is 7.78. The van der Waals surface area contributed by atoms with Crippen molar-refractivity contribution < 1.29 is 13.5 Å². The van der Waals surface area contributed by atoms with E-state index in [1.54, 1.807) is 19.1 Å². The van der Waals surface area contributed by atoms with Crippen LogP contribution in [0, 0.1) is 17.9 Å². The smallest absolute Gasteiger partial charge is 0.220 e. The van der Waals surface area contributed by atoms with Crippen molar-refractivity contribution in [2.24, 2.45) is 0 Å². The van der Waals surface area contributed by atoms with Crippen LogP contribution in [0.5, 0.6) is 0 Å². The molecule has 0 saturated carbocycles. The minimum atomic E-state index is -0.535. The van der Waals surface area contributed by atoms with E-state index in [1.165, 1.54) is 30.9 Å². The fourth-order valence-corrected chi connectivity index (χ4v) is 3.21. The summed E-state index contributed by atoms with van der Waals surface area (Å²) in [5, 5.41) is 12.7. The maximum atomic E-state index is 13.8. The number of aromatic nitrogens is 2. The Morgan fingerprint density at radius 1 is 1.32 bits per heavy atom. The van der Waals surface area contributed by atoms with Crippen LogP contribution in [0.3, 0.4) is 0 Å². The molecule has 25 heavy (non-hydrogen) atoms. The molecule has 2 aromatic heterocycles. The number of furan rings is 1. The highest BCUT2D eigenvalue weighted by molar-refractivity contribution is 5.80. The largest absolute Gasteiger partial charge is 0.623 e. The average molecular weight is 338 g/mol. The zero-order valence-electron chi connectivity index (χ0n) is 13.4. The Balaban J connectivity index is 1.84. The molecule has 3 heterocycles. The quantitative estimate of drug-likeness (QED) is 0.573. The van der Waals surface area contributed by atoms with Gasteiger partial charge in [-0.3, -0.25) is 0 Å². The molecule has 7 heteroatoms. The minimum absolute atomic E-state index is 0.178. The van der Waals surface area contributed by atoms with Gasteiger partial charge in [-0.05, 0) is 36.8 Å². The number of anilines is 1. The summed E-state index contributed by atoms with van der Waals surface area (Å²) in [6.07, 6.45) is 4.87. The van der Waals surface area contributed by atoms with Gasteiger partial charge in [0.1, 0.15) is 5.82 Å². The molecular weight excluding hydrogens is 323 g/mol. The van der Waals surface area contributed by atoms with E-state index in [0.717, 1.165) is 4.74 Å². The van der Waals surface area contributed by atoms with Crippen LogP contribution in [0.15, 0.2) is 41.2 Å². The fourth-order valence-electron chi connectivity index (χ4n) is 3.21. The summed E-state index contributed by atoms with van der Waals surface area (Å²) < 4.78 is 19.8. The average Bonchev–Trinajstić information content (AvgIpc) is 3.10. The normalized spacial score (nSPS) is 16.4. The second kappa shape index (κ2) is 5.70. The highest BCUT2D eigenvalue weighted by Gasteiger charge is 2.31. The van der Waals surface area contributed by atoms with E-state index in [1.807, 2.05) is 0 Å². The molecule has 0 spiro atoms. The van der Waals surface area contributed by atoms with E-state index in [9.17, 15) is 9.60 Å². The number of hydroxylamine groups is 1. The highest BCUT2D eigenvalue weighted by atomic mass is 19.1. The summed E-state index contributed by atoms with van der Waals surface area (Å²) in [5.74, 6) is -0.197. The Labute approximate surface area is 143 Å². The van der Waals surface area contributed by atoms with Gasteiger partial charge in [0, 0.05) is 11.1 Å². The molecule has 0 fully saturated rings. The van der Waals surface area contributed by atoms with Crippen molar-refractivity contribution >= 4 is 12.2 Å². The molecule has 1 aromatic carbocycles. The topological polar surface area (TPSA) is 91.0 Å². The van der Waals surface area contributed by atoms with Crippen molar-refractivity contribution in [1.29, 1.82) is 0 Å². The molecule has 3 aromatic rings. The molecule has 0 amide bonds. The van der Waals surface area contributed by atoms with Crippen molar-refractivity contribution in [3.63, 3.8) is 0 Å². The molecule has 6 nitrogen and oxygen atoms in total. The van der Waals surface area contributed by atoms with Crippen LogP contribution in [0.2, 0.25) is 0 Å². The summed E-state index contributed by atoms with van der Waals surface area (Å²) in [4.78, 5) is 8.37. The van der Waals surface area contributed by atoms with Gasteiger partial charge in [0.05, 0.1) is 35.9 Å². The Bertz CT molecular complexity index is 983. The lowest BCUT2D eigenvalue weighted by molar-refractivity contribution is -0.504. The van der Waals surface area contributed by atoms with Gasteiger partial charge in [0.15, 0.2) is 12.3 Å². The predicted octanol–water partition coefficient (Wildman–Crippen LogP) is 2.99. The second-order valence-electron chi connectivity index (χ2n) is 5.98. The monoisotopic (exact) mass is 338 g/mol. The molecular formula is C18H15FN4O2. The molecule has 1 aliphatic rings. The summed E-state index contributed by atoms with van der Waals surface area (Å²) in [6, 6.07) is 5.58. The standard InChI is InChI=1S/C18H15FN4O2/c1-10-15-8-23(24)17(7-16(15)22-18(20)21-10)13-3-2-12(19)6-14(13)11-4-5-25-9-11/h2-6,8-9,17H,7H2,1H3,(H2,20,21,22). The fraction of sp³-hybridized carbons (Fsp3) is 0.167. The molecule has 0 saturated heterocycles.